The number of phenols is 2. The van der Waals surface area contributed by atoms with Crippen LogP contribution in [0.25, 0.3) is 22.3 Å². The van der Waals surface area contributed by atoms with Crippen LogP contribution < -0.4 is 33.8 Å². The van der Waals surface area contributed by atoms with Gasteiger partial charge in [0.1, 0.15) is 62.7 Å². The molecule has 326 valence electrons. The second-order valence-corrected chi connectivity index (χ2v) is 16.0. The first kappa shape index (κ1) is 44.9. The van der Waals surface area contributed by atoms with Crippen LogP contribution >= 0.6 is 0 Å². The number of Topliss-reactive ketones (excluding diaryl/α,β-unsaturated/α-hetero) is 1. The van der Waals surface area contributed by atoms with Gasteiger partial charge in [0.15, 0.2) is 5.78 Å². The van der Waals surface area contributed by atoms with Gasteiger partial charge in [0.25, 0.3) is 0 Å². The predicted octanol–water partition coefficient (Wildman–Crippen LogP) is 10.7. The van der Waals surface area contributed by atoms with Gasteiger partial charge in [-0.05, 0) is 89.3 Å². The minimum Gasteiger partial charge on any atom is -0.507 e. The molecule has 0 unspecified atom stereocenters. The Balaban J connectivity index is 1.67. The number of methoxy groups -OCH3 is 6. The van der Waals surface area contributed by atoms with Gasteiger partial charge >= 0.3 is 0 Å². The molecule has 1 heterocycles. The Morgan fingerprint density at radius 1 is 0.742 bits per heavy atom. The number of aromatic hydroxyl groups is 2. The van der Waals surface area contributed by atoms with E-state index in [0.717, 1.165) is 22.3 Å². The summed E-state index contributed by atoms with van der Waals surface area (Å²) in [6.07, 6.45) is 6.97. The van der Waals surface area contributed by atoms with Crippen molar-refractivity contribution in [2.75, 3.05) is 42.7 Å². The molecule has 0 radical (unpaired) electrons. The lowest BCUT2D eigenvalue weighted by Crippen LogP contribution is -2.32. The largest absolute Gasteiger partial charge is 0.507 e. The highest BCUT2D eigenvalue weighted by Crippen LogP contribution is 2.54. The van der Waals surface area contributed by atoms with Crippen LogP contribution in [0.15, 0.2) is 98.8 Å². The molecule has 0 amide bonds. The summed E-state index contributed by atoms with van der Waals surface area (Å²) in [7, 11) is 9.18. The molecule has 4 aromatic carbocycles. The highest BCUT2D eigenvalue weighted by molar-refractivity contribution is 6.03. The van der Waals surface area contributed by atoms with Crippen molar-refractivity contribution in [3.05, 3.63) is 128 Å². The van der Waals surface area contributed by atoms with Crippen molar-refractivity contribution in [2.45, 2.75) is 65.7 Å². The maximum atomic E-state index is 15.5. The molecule has 1 aliphatic rings. The van der Waals surface area contributed by atoms with E-state index in [1.807, 2.05) is 65.0 Å². The SMILES string of the molecule is COc1ccc(-c2oc3cc(OC)c([C@H]4C=C(C)C[C@@H](c5ccc(OC)cc5OC)[C@@H]4C(=O)c4cc(CC=C(C)C)c(OC)cc4O)c(O)c3c(=O)c2CC=C(C)C)c(OC)c1. The van der Waals surface area contributed by atoms with Crippen molar-refractivity contribution in [3.8, 4) is 57.3 Å². The van der Waals surface area contributed by atoms with E-state index in [9.17, 15) is 15.0 Å². The number of allylic oxidation sites excluding steroid dienone is 6. The molecule has 1 aromatic heterocycles. The number of carbonyl (C=O) groups is 1. The summed E-state index contributed by atoms with van der Waals surface area (Å²) >= 11 is 0. The lowest BCUT2D eigenvalue weighted by atomic mass is 9.65. The van der Waals surface area contributed by atoms with Crippen LogP contribution in [0, 0.1) is 5.92 Å². The first-order valence-electron chi connectivity index (χ1n) is 20.4. The minimum atomic E-state index is -0.964. The molecular weight excluding hydrogens is 789 g/mol. The van der Waals surface area contributed by atoms with E-state index in [-0.39, 0.29) is 57.3 Å². The molecule has 0 aliphatic heterocycles. The Morgan fingerprint density at radius 3 is 1.97 bits per heavy atom. The Hall–Kier alpha value is -6.62. The highest BCUT2D eigenvalue weighted by Gasteiger charge is 2.44. The zero-order valence-electron chi connectivity index (χ0n) is 37.4. The number of fused-ring (bicyclic) bond motifs is 1. The van der Waals surface area contributed by atoms with E-state index >= 15 is 4.79 Å². The number of carbonyl (C=O) groups excluding carboxylic acids is 1. The fourth-order valence-corrected chi connectivity index (χ4v) is 8.44. The molecule has 2 N–H and O–H groups in total. The number of hydrogen-bond acceptors (Lipinski definition) is 11. The molecule has 6 rings (SSSR count). The molecule has 5 aromatic rings. The van der Waals surface area contributed by atoms with Crippen molar-refractivity contribution in [1.29, 1.82) is 0 Å². The summed E-state index contributed by atoms with van der Waals surface area (Å²) in [5.41, 5.74) is 5.16. The summed E-state index contributed by atoms with van der Waals surface area (Å²) in [5.74, 6) is -0.449. The normalized spacial score (nSPS) is 15.9. The number of ketones is 1. The van der Waals surface area contributed by atoms with Crippen LogP contribution in [0.5, 0.6) is 46.0 Å². The van der Waals surface area contributed by atoms with Crippen molar-refractivity contribution in [1.82, 2.24) is 0 Å². The smallest absolute Gasteiger partial charge is 0.200 e. The zero-order chi connectivity index (χ0) is 45.0. The molecule has 1 aliphatic carbocycles. The van der Waals surface area contributed by atoms with Crippen LogP contribution in [0.1, 0.15) is 85.5 Å². The van der Waals surface area contributed by atoms with Gasteiger partial charge in [-0.15, -0.1) is 0 Å². The number of benzene rings is 4. The number of ether oxygens (including phenoxy) is 6. The third kappa shape index (κ3) is 8.75. The van der Waals surface area contributed by atoms with Gasteiger partial charge < -0.3 is 43.1 Å². The monoisotopic (exact) mass is 844 g/mol. The fraction of sp³-hybridized carbons (Fsp3) is 0.333. The molecule has 0 spiro atoms. The topological polar surface area (TPSA) is 143 Å². The zero-order valence-corrected chi connectivity index (χ0v) is 37.4. The molecular formula is C51H56O11. The van der Waals surface area contributed by atoms with Gasteiger partial charge in [-0.3, -0.25) is 9.59 Å². The predicted molar refractivity (Wildman–Crippen MR) is 241 cm³/mol. The number of phenolic OH excluding ortho intramolecular Hbond substituents is 2. The second-order valence-electron chi connectivity index (χ2n) is 16.0. The van der Waals surface area contributed by atoms with E-state index in [2.05, 4.69) is 0 Å². The lowest BCUT2D eigenvalue weighted by Gasteiger charge is -2.38. The molecule has 0 bridgehead atoms. The lowest BCUT2D eigenvalue weighted by molar-refractivity contribution is 0.0876. The average molecular weight is 845 g/mol. The van der Waals surface area contributed by atoms with Crippen LogP contribution in [0.4, 0.5) is 0 Å². The first-order valence-corrected chi connectivity index (χ1v) is 20.4. The maximum Gasteiger partial charge on any atom is 0.200 e. The molecule has 11 heteroatoms. The summed E-state index contributed by atoms with van der Waals surface area (Å²) in [6, 6.07) is 15.4. The molecule has 0 saturated heterocycles. The van der Waals surface area contributed by atoms with Crippen LogP contribution in [-0.2, 0) is 12.8 Å². The van der Waals surface area contributed by atoms with Gasteiger partial charge in [-0.25, -0.2) is 0 Å². The molecule has 3 atom stereocenters. The quantitative estimate of drug-likeness (QED) is 0.0768. The van der Waals surface area contributed by atoms with Crippen molar-refractivity contribution < 1.29 is 47.8 Å². The van der Waals surface area contributed by atoms with Gasteiger partial charge in [0.2, 0.25) is 5.43 Å². The standard InChI is InChI=1S/C51H56O11/c1-27(2)12-14-30-22-37(39(52)25-40(30)58-8)49(54)45-36(33-18-15-31(56-6)23-41(33)59-9)20-29(5)21-38(45)46-43(61-11)26-44-47(50(46)55)48(53)35(17-13-28(3)4)51(62-44)34-19-16-32(57-7)24-42(34)60-10/h12-13,15-16,18-19,21-26,36,38,45,52,55H,14,17,20H2,1-11H3/t36-,38-,45-/m0/s1. The van der Waals surface area contributed by atoms with Gasteiger partial charge in [0.05, 0.1) is 53.8 Å². The highest BCUT2D eigenvalue weighted by atomic mass is 16.5. The summed E-state index contributed by atoms with van der Waals surface area (Å²) in [4.78, 5) is 30.5. The summed E-state index contributed by atoms with van der Waals surface area (Å²) in [5, 5.41) is 24.2. The second kappa shape index (κ2) is 19.0. The van der Waals surface area contributed by atoms with Crippen molar-refractivity contribution in [3.63, 3.8) is 0 Å². The van der Waals surface area contributed by atoms with Crippen molar-refractivity contribution >= 4 is 16.8 Å². The van der Waals surface area contributed by atoms with Gasteiger partial charge in [-0.2, -0.15) is 0 Å². The van der Waals surface area contributed by atoms with Crippen LogP contribution in [0.3, 0.4) is 0 Å². The maximum absolute atomic E-state index is 15.5. The van der Waals surface area contributed by atoms with E-state index < -0.39 is 23.2 Å². The van der Waals surface area contributed by atoms with Crippen LogP contribution in [0.2, 0.25) is 0 Å². The first-order chi connectivity index (χ1) is 29.7. The Morgan fingerprint density at radius 2 is 1.35 bits per heavy atom. The minimum absolute atomic E-state index is 0.0631. The number of hydrogen-bond donors (Lipinski definition) is 2. The average Bonchev–Trinajstić information content (AvgIpc) is 3.26. The number of rotatable bonds is 15. The summed E-state index contributed by atoms with van der Waals surface area (Å²) in [6.45, 7) is 9.80. The fourth-order valence-electron chi connectivity index (χ4n) is 8.44. The van der Waals surface area contributed by atoms with Gasteiger partial charge in [0, 0.05) is 53.1 Å². The molecule has 0 fully saturated rings. The van der Waals surface area contributed by atoms with Crippen LogP contribution in [-0.4, -0.2) is 58.7 Å². The molecule has 62 heavy (non-hydrogen) atoms. The van der Waals surface area contributed by atoms with E-state index in [4.69, 9.17) is 32.8 Å². The van der Waals surface area contributed by atoms with E-state index in [1.54, 1.807) is 57.7 Å². The molecule has 11 nitrogen and oxygen atoms in total. The Bertz CT molecular complexity index is 2660. The molecule has 0 saturated carbocycles. The van der Waals surface area contributed by atoms with E-state index in [1.165, 1.54) is 27.4 Å². The third-order valence-electron chi connectivity index (χ3n) is 11.5. The Labute approximate surface area is 362 Å². The van der Waals surface area contributed by atoms with Crippen molar-refractivity contribution in [2.24, 2.45) is 5.92 Å². The third-order valence-corrected chi connectivity index (χ3v) is 11.5. The summed E-state index contributed by atoms with van der Waals surface area (Å²) < 4.78 is 40.9. The van der Waals surface area contributed by atoms with E-state index in [0.29, 0.717) is 58.3 Å². The van der Waals surface area contributed by atoms with Gasteiger partial charge in [-0.1, -0.05) is 41.0 Å². The Kier molecular flexibility index (Phi) is 13.7.